The molecule has 1 unspecified atom stereocenters. The van der Waals surface area contributed by atoms with Crippen LogP contribution in [0.4, 0.5) is 10.5 Å². The zero-order valence-electron chi connectivity index (χ0n) is 16.8. The number of carbonyl (C=O) groups is 1. The molecule has 0 saturated carbocycles. The molecule has 7 heteroatoms. The monoisotopic (exact) mass is 410 g/mol. The van der Waals surface area contributed by atoms with Gasteiger partial charge in [0.15, 0.2) is 11.5 Å². The summed E-state index contributed by atoms with van der Waals surface area (Å²) in [7, 11) is 0. The first-order valence-electron chi connectivity index (χ1n) is 10.5. The fraction of sp³-hybridized carbons (Fsp3) is 0.435. The van der Waals surface area contributed by atoms with E-state index < -0.39 is 5.60 Å². The van der Waals surface area contributed by atoms with Crippen molar-refractivity contribution in [3.8, 4) is 11.5 Å². The zero-order valence-corrected chi connectivity index (χ0v) is 16.8. The second-order valence-electron chi connectivity index (χ2n) is 8.18. The number of cyclic esters (lactones) is 1. The summed E-state index contributed by atoms with van der Waals surface area (Å²) in [4.78, 5) is 16.2. The summed E-state index contributed by atoms with van der Waals surface area (Å²) < 4.78 is 16.4. The first kappa shape index (κ1) is 19.2. The van der Waals surface area contributed by atoms with Crippen LogP contribution in [0.2, 0.25) is 0 Å². The lowest BCUT2D eigenvalue weighted by Crippen LogP contribution is -2.43. The number of piperidine rings is 1. The smallest absolute Gasteiger partial charge is 0.414 e. The second-order valence-corrected chi connectivity index (χ2v) is 8.18. The van der Waals surface area contributed by atoms with Crippen molar-refractivity contribution in [3.63, 3.8) is 0 Å². The molecule has 3 aliphatic rings. The summed E-state index contributed by atoms with van der Waals surface area (Å²) in [5.41, 5.74) is 0.910. The molecule has 2 aromatic carbocycles. The van der Waals surface area contributed by atoms with Crippen molar-refractivity contribution in [2.75, 3.05) is 37.9 Å². The number of carbonyl (C=O) groups excluding carboxylic acids is 1. The van der Waals surface area contributed by atoms with Gasteiger partial charge in [-0.1, -0.05) is 24.3 Å². The molecule has 0 radical (unpaired) electrons. The zero-order chi connectivity index (χ0) is 20.6. The molecule has 3 aliphatic heterocycles. The van der Waals surface area contributed by atoms with Crippen LogP contribution in [0.1, 0.15) is 24.8 Å². The molecule has 0 aliphatic carbocycles. The molecular formula is C23H26N2O5. The van der Waals surface area contributed by atoms with E-state index in [-0.39, 0.29) is 19.0 Å². The number of anilines is 1. The number of nitrogens with zero attached hydrogens (tertiary/aromatic N) is 2. The molecule has 2 saturated heterocycles. The van der Waals surface area contributed by atoms with Gasteiger partial charge in [0.05, 0.1) is 12.1 Å². The highest BCUT2D eigenvalue weighted by molar-refractivity contribution is 5.89. The van der Waals surface area contributed by atoms with Gasteiger partial charge in [-0.2, -0.15) is 0 Å². The van der Waals surface area contributed by atoms with Crippen LogP contribution in [0.25, 0.3) is 0 Å². The highest BCUT2D eigenvalue weighted by Gasteiger charge is 2.36. The summed E-state index contributed by atoms with van der Waals surface area (Å²) >= 11 is 0. The lowest BCUT2D eigenvalue weighted by atomic mass is 9.84. The van der Waals surface area contributed by atoms with Gasteiger partial charge in [0, 0.05) is 25.3 Å². The van der Waals surface area contributed by atoms with Crippen molar-refractivity contribution in [3.05, 3.63) is 54.1 Å². The number of benzene rings is 2. The molecule has 3 heterocycles. The minimum atomic E-state index is -0.846. The minimum absolute atomic E-state index is 0.104. The molecule has 30 heavy (non-hydrogen) atoms. The van der Waals surface area contributed by atoms with Gasteiger partial charge in [-0.3, -0.25) is 4.90 Å². The lowest BCUT2D eigenvalue weighted by molar-refractivity contribution is -0.0276. The van der Waals surface area contributed by atoms with Crippen molar-refractivity contribution < 1.29 is 24.1 Å². The Hall–Kier alpha value is -2.77. The van der Waals surface area contributed by atoms with E-state index in [1.165, 1.54) is 0 Å². The van der Waals surface area contributed by atoms with E-state index in [1.54, 1.807) is 4.90 Å². The van der Waals surface area contributed by atoms with E-state index in [2.05, 4.69) is 4.90 Å². The van der Waals surface area contributed by atoms with Gasteiger partial charge < -0.3 is 24.2 Å². The Morgan fingerprint density at radius 2 is 1.80 bits per heavy atom. The van der Waals surface area contributed by atoms with Crippen LogP contribution in [0, 0.1) is 0 Å². The molecule has 1 N–H and O–H groups in total. The minimum Gasteiger partial charge on any atom is -0.454 e. The highest BCUT2D eigenvalue weighted by atomic mass is 16.7. The van der Waals surface area contributed by atoms with Crippen molar-refractivity contribution in [1.82, 2.24) is 4.90 Å². The summed E-state index contributed by atoms with van der Waals surface area (Å²) in [6.07, 6.45) is 1.73. The second kappa shape index (κ2) is 7.81. The average molecular weight is 410 g/mol. The van der Waals surface area contributed by atoms with Crippen LogP contribution in [0.5, 0.6) is 11.5 Å². The van der Waals surface area contributed by atoms with Gasteiger partial charge in [-0.05, 0) is 49.1 Å². The van der Waals surface area contributed by atoms with Gasteiger partial charge in [-0.25, -0.2) is 4.79 Å². The number of ether oxygens (including phenoxy) is 3. The number of fused-ring (bicyclic) bond motifs is 1. The highest BCUT2D eigenvalue weighted by Crippen LogP contribution is 2.39. The first-order valence-corrected chi connectivity index (χ1v) is 10.5. The number of aliphatic hydroxyl groups is 1. The predicted octanol–water partition coefficient (Wildman–Crippen LogP) is 3.11. The Balaban J connectivity index is 1.13. The Labute approximate surface area is 175 Å². The third-order valence-electron chi connectivity index (χ3n) is 6.30. The molecule has 7 nitrogen and oxygen atoms in total. The molecule has 1 atom stereocenters. The SMILES string of the molecule is O=C1OC(CCN2CCC(O)(c3ccc4c(c3)OCO4)CC2)CN1c1ccccc1. The molecule has 5 rings (SSSR count). The normalized spacial score (nSPS) is 22.9. The van der Waals surface area contributed by atoms with E-state index in [9.17, 15) is 9.90 Å². The number of para-hydroxylation sites is 1. The van der Waals surface area contributed by atoms with E-state index >= 15 is 0 Å². The van der Waals surface area contributed by atoms with Gasteiger partial charge >= 0.3 is 6.09 Å². The molecule has 0 bridgehead atoms. The van der Waals surface area contributed by atoms with Crippen LogP contribution in [-0.2, 0) is 10.3 Å². The molecule has 1 amide bonds. The van der Waals surface area contributed by atoms with E-state index in [0.29, 0.717) is 25.1 Å². The Bertz CT molecular complexity index is 911. The van der Waals surface area contributed by atoms with Gasteiger partial charge in [0.1, 0.15) is 6.10 Å². The number of hydrogen-bond acceptors (Lipinski definition) is 6. The summed E-state index contributed by atoms with van der Waals surface area (Å²) in [6, 6.07) is 15.3. The van der Waals surface area contributed by atoms with E-state index in [4.69, 9.17) is 14.2 Å². The van der Waals surface area contributed by atoms with Crippen LogP contribution in [-0.4, -0.2) is 55.2 Å². The van der Waals surface area contributed by atoms with Crippen LogP contribution in [0.15, 0.2) is 48.5 Å². The third kappa shape index (κ3) is 3.70. The van der Waals surface area contributed by atoms with Crippen molar-refractivity contribution in [2.45, 2.75) is 31.0 Å². The van der Waals surface area contributed by atoms with Crippen LogP contribution in [0.3, 0.4) is 0 Å². The van der Waals surface area contributed by atoms with E-state index in [0.717, 1.165) is 43.1 Å². The number of rotatable bonds is 5. The van der Waals surface area contributed by atoms with Gasteiger partial charge in [0.25, 0.3) is 0 Å². The van der Waals surface area contributed by atoms with Crippen molar-refractivity contribution in [1.29, 1.82) is 0 Å². The molecular weight excluding hydrogens is 384 g/mol. The lowest BCUT2D eigenvalue weighted by Gasteiger charge is -2.38. The van der Waals surface area contributed by atoms with Crippen molar-refractivity contribution >= 4 is 11.8 Å². The van der Waals surface area contributed by atoms with Crippen LogP contribution < -0.4 is 14.4 Å². The topological polar surface area (TPSA) is 71.5 Å². The number of hydrogen-bond donors (Lipinski definition) is 1. The molecule has 0 spiro atoms. The largest absolute Gasteiger partial charge is 0.454 e. The van der Waals surface area contributed by atoms with Gasteiger partial charge in [-0.15, -0.1) is 0 Å². The van der Waals surface area contributed by atoms with Crippen molar-refractivity contribution in [2.24, 2.45) is 0 Å². The Morgan fingerprint density at radius 1 is 1.03 bits per heavy atom. The van der Waals surface area contributed by atoms with E-state index in [1.807, 2.05) is 48.5 Å². The standard InChI is InChI=1S/C23H26N2O5/c26-22-25(18-4-2-1-3-5-18)15-19(30-22)8-11-24-12-9-23(27,10-13-24)17-6-7-20-21(14-17)29-16-28-20/h1-7,14,19,27H,8-13,15-16H2. The summed E-state index contributed by atoms with van der Waals surface area (Å²) in [5, 5.41) is 11.2. The predicted molar refractivity (Wildman–Crippen MR) is 111 cm³/mol. The summed E-state index contributed by atoms with van der Waals surface area (Å²) in [6.45, 7) is 3.26. The maximum Gasteiger partial charge on any atom is 0.414 e. The Kier molecular flexibility index (Phi) is 5.00. The Morgan fingerprint density at radius 3 is 2.60 bits per heavy atom. The summed E-state index contributed by atoms with van der Waals surface area (Å²) in [5.74, 6) is 1.44. The maximum absolute atomic E-state index is 12.2. The fourth-order valence-corrected chi connectivity index (χ4v) is 4.44. The molecule has 2 fully saturated rings. The first-order chi connectivity index (χ1) is 14.6. The van der Waals surface area contributed by atoms with Gasteiger partial charge in [0.2, 0.25) is 6.79 Å². The van der Waals surface area contributed by atoms with Crippen LogP contribution >= 0.6 is 0 Å². The number of amides is 1. The molecule has 2 aromatic rings. The maximum atomic E-state index is 12.2. The third-order valence-corrected chi connectivity index (χ3v) is 6.30. The number of likely N-dealkylation sites (tertiary alicyclic amines) is 1. The fourth-order valence-electron chi connectivity index (χ4n) is 4.44. The average Bonchev–Trinajstić information content (AvgIpc) is 3.39. The molecule has 158 valence electrons. The molecule has 0 aromatic heterocycles. The quantitative estimate of drug-likeness (QED) is 0.817.